The van der Waals surface area contributed by atoms with E-state index in [1.54, 1.807) is 6.92 Å². The van der Waals surface area contributed by atoms with Crippen LogP contribution < -0.4 is 15.3 Å². The minimum atomic E-state index is -1.18. The quantitative estimate of drug-likeness (QED) is 0.826. The van der Waals surface area contributed by atoms with Crippen molar-refractivity contribution in [2.45, 2.75) is 6.92 Å². The van der Waals surface area contributed by atoms with Gasteiger partial charge in [-0.15, -0.1) is 0 Å². The molecule has 0 aliphatic carbocycles. The molecule has 0 radical (unpaired) electrons. The predicted octanol–water partition coefficient (Wildman–Crippen LogP) is 0.0204. The maximum Gasteiger partial charge on any atom is 0.188 e. The van der Waals surface area contributed by atoms with Crippen LogP contribution in [-0.4, -0.2) is 49.1 Å². The Morgan fingerprint density at radius 2 is 1.96 bits per heavy atom. The fourth-order valence-corrected chi connectivity index (χ4v) is 3.55. The van der Waals surface area contributed by atoms with Gasteiger partial charge in [-0.1, -0.05) is 11.3 Å². The molecule has 1 aromatic carbocycles. The number of benzene rings is 1. The number of piperazine rings is 1. The Hall–Kier alpha value is -1.96. The van der Waals surface area contributed by atoms with Crippen LogP contribution in [-0.2, 0) is 0 Å². The van der Waals surface area contributed by atoms with E-state index in [0.29, 0.717) is 10.8 Å². The Morgan fingerprint density at radius 1 is 1.30 bits per heavy atom. The molecule has 0 unspecified atom stereocenters. The number of carboxylic acid groups (broad SMARTS) is 1. The van der Waals surface area contributed by atoms with Crippen molar-refractivity contribution in [2.24, 2.45) is 0 Å². The molecule has 1 aliphatic rings. The van der Waals surface area contributed by atoms with Crippen molar-refractivity contribution >= 4 is 33.8 Å². The Bertz CT molecular complexity index is 691. The molecule has 23 heavy (non-hydrogen) atoms. The number of anilines is 2. The second-order valence-electron chi connectivity index (χ2n) is 5.83. The zero-order valence-corrected chi connectivity index (χ0v) is 14.1. The molecule has 1 fully saturated rings. The van der Waals surface area contributed by atoms with E-state index in [-0.39, 0.29) is 4.88 Å². The Labute approximate surface area is 139 Å². The Kier molecular flexibility index (Phi) is 4.61. The van der Waals surface area contributed by atoms with E-state index in [9.17, 15) is 9.90 Å². The summed E-state index contributed by atoms with van der Waals surface area (Å²) in [5.74, 6) is -1.18. The van der Waals surface area contributed by atoms with E-state index in [1.807, 2.05) is 12.1 Å². The number of aromatic nitrogens is 1. The van der Waals surface area contributed by atoms with Gasteiger partial charge in [0.2, 0.25) is 0 Å². The van der Waals surface area contributed by atoms with Crippen LogP contribution in [0.15, 0.2) is 24.3 Å². The number of aryl methyl sites for hydroxylation is 1. The second-order valence-corrected chi connectivity index (χ2v) is 6.83. The van der Waals surface area contributed by atoms with Gasteiger partial charge in [0.25, 0.3) is 0 Å². The van der Waals surface area contributed by atoms with Crippen molar-refractivity contribution in [1.29, 1.82) is 0 Å². The average Bonchev–Trinajstić information content (AvgIpc) is 2.90. The van der Waals surface area contributed by atoms with Crippen molar-refractivity contribution in [3.63, 3.8) is 0 Å². The van der Waals surface area contributed by atoms with E-state index in [4.69, 9.17) is 0 Å². The first-order chi connectivity index (χ1) is 11.0. The first-order valence-corrected chi connectivity index (χ1v) is 8.44. The molecule has 0 bridgehead atoms. The minimum Gasteiger partial charge on any atom is -0.544 e. The van der Waals surface area contributed by atoms with Gasteiger partial charge >= 0.3 is 0 Å². The van der Waals surface area contributed by atoms with Crippen LogP contribution in [0.2, 0.25) is 0 Å². The predicted molar refractivity (Wildman–Crippen MR) is 88.8 cm³/mol. The van der Waals surface area contributed by atoms with Crippen molar-refractivity contribution in [1.82, 2.24) is 9.88 Å². The maximum atomic E-state index is 11.0. The van der Waals surface area contributed by atoms with Crippen LogP contribution in [0.25, 0.3) is 0 Å². The summed E-state index contributed by atoms with van der Waals surface area (Å²) in [4.78, 5) is 19.2. The zero-order valence-electron chi connectivity index (χ0n) is 13.3. The molecule has 2 aromatic rings. The third kappa shape index (κ3) is 3.69. The van der Waals surface area contributed by atoms with Gasteiger partial charge in [-0.05, 0) is 26.1 Å². The van der Waals surface area contributed by atoms with Gasteiger partial charge < -0.3 is 20.1 Å². The van der Waals surface area contributed by atoms with Gasteiger partial charge in [0, 0.05) is 30.9 Å². The van der Waals surface area contributed by atoms with E-state index in [0.717, 1.165) is 43.2 Å². The number of carbonyl (C=O) groups is 1. The van der Waals surface area contributed by atoms with Crippen molar-refractivity contribution < 1.29 is 14.8 Å². The fraction of sp³-hybridized carbons (Fsp3) is 0.375. The first-order valence-electron chi connectivity index (χ1n) is 7.62. The van der Waals surface area contributed by atoms with Gasteiger partial charge in [-0.2, -0.15) is 0 Å². The monoisotopic (exact) mass is 332 g/mol. The van der Waals surface area contributed by atoms with Gasteiger partial charge in [0.05, 0.1) is 29.6 Å². The highest BCUT2D eigenvalue weighted by atomic mass is 32.1. The van der Waals surface area contributed by atoms with E-state index in [2.05, 4.69) is 34.4 Å². The molecule has 1 saturated heterocycles. The maximum absolute atomic E-state index is 11.0. The lowest BCUT2D eigenvalue weighted by Gasteiger charge is -2.29. The fourth-order valence-electron chi connectivity index (χ4n) is 2.73. The standard InChI is InChI=1S/C16H20N4O2S/c1-11-14(15(21)22)23-16(17-11)18-12-3-5-13(6-4-12)20-9-7-19(2)8-10-20/h3-6H,7-10H2,1-2H3,(H,17,18)(H,21,22). The summed E-state index contributed by atoms with van der Waals surface area (Å²) in [6.45, 7) is 6.12. The van der Waals surface area contributed by atoms with Crippen molar-refractivity contribution in [3.8, 4) is 0 Å². The lowest BCUT2D eigenvalue weighted by molar-refractivity contribution is -0.838. The van der Waals surface area contributed by atoms with E-state index in [1.165, 1.54) is 10.6 Å². The van der Waals surface area contributed by atoms with Crippen LogP contribution in [0, 0.1) is 6.92 Å². The first kappa shape index (κ1) is 15.9. The second kappa shape index (κ2) is 6.66. The molecular weight excluding hydrogens is 312 g/mol. The number of aromatic carboxylic acids is 1. The lowest BCUT2D eigenvalue weighted by atomic mass is 10.2. The zero-order chi connectivity index (χ0) is 16.4. The molecule has 122 valence electrons. The van der Waals surface area contributed by atoms with Gasteiger partial charge in [-0.3, -0.25) is 4.90 Å². The van der Waals surface area contributed by atoms with Gasteiger partial charge in [0.15, 0.2) is 5.13 Å². The molecule has 6 nitrogen and oxygen atoms in total. The SMILES string of the molecule is Cc1nc(Nc2ccc([NH+]3CCN(C)CC3)cc2)sc1C(=O)[O-]. The number of carbonyl (C=O) groups excluding carboxylic acids is 1. The number of nitrogens with zero attached hydrogens (tertiary/aromatic N) is 2. The van der Waals surface area contributed by atoms with Crippen LogP contribution in [0.3, 0.4) is 0 Å². The average molecular weight is 332 g/mol. The van der Waals surface area contributed by atoms with Gasteiger partial charge in [-0.25, -0.2) is 4.98 Å². The largest absolute Gasteiger partial charge is 0.544 e. The number of hydrogen-bond acceptors (Lipinski definition) is 6. The summed E-state index contributed by atoms with van der Waals surface area (Å²) in [5, 5.41) is 14.7. The molecular formula is C16H20N4O2S. The van der Waals surface area contributed by atoms with E-state index >= 15 is 0 Å². The van der Waals surface area contributed by atoms with Crippen LogP contribution in [0.1, 0.15) is 15.4 Å². The molecule has 0 atom stereocenters. The number of rotatable bonds is 4. The highest BCUT2D eigenvalue weighted by molar-refractivity contribution is 7.17. The van der Waals surface area contributed by atoms with Crippen LogP contribution in [0.4, 0.5) is 16.5 Å². The third-order valence-corrected chi connectivity index (χ3v) is 5.17. The molecule has 2 heterocycles. The van der Waals surface area contributed by atoms with Crippen LogP contribution >= 0.6 is 11.3 Å². The minimum absolute atomic E-state index is 0.172. The lowest BCUT2D eigenvalue weighted by Crippen LogP contribution is -3.10. The van der Waals surface area contributed by atoms with Crippen LogP contribution in [0.5, 0.6) is 0 Å². The number of quaternary nitrogens is 1. The molecule has 1 aromatic heterocycles. The summed E-state index contributed by atoms with van der Waals surface area (Å²) < 4.78 is 0. The highest BCUT2D eigenvalue weighted by Crippen LogP contribution is 2.25. The smallest absolute Gasteiger partial charge is 0.188 e. The van der Waals surface area contributed by atoms with Crippen molar-refractivity contribution in [3.05, 3.63) is 34.8 Å². The summed E-state index contributed by atoms with van der Waals surface area (Å²) in [6, 6.07) is 8.25. The Morgan fingerprint density at radius 3 is 2.52 bits per heavy atom. The molecule has 0 spiro atoms. The summed E-state index contributed by atoms with van der Waals surface area (Å²) >= 11 is 1.10. The number of carboxylic acids is 1. The number of thiazole rings is 1. The van der Waals surface area contributed by atoms with Gasteiger partial charge in [0.1, 0.15) is 5.69 Å². The Balaban J connectivity index is 1.68. The normalized spacial score (nSPS) is 16.4. The molecule has 2 N–H and O–H groups in total. The van der Waals surface area contributed by atoms with Crippen molar-refractivity contribution in [2.75, 3.05) is 38.5 Å². The third-order valence-electron chi connectivity index (χ3n) is 4.12. The summed E-state index contributed by atoms with van der Waals surface area (Å²) in [6.07, 6.45) is 0. The van der Waals surface area contributed by atoms with E-state index < -0.39 is 5.97 Å². The number of likely N-dealkylation sites (N-methyl/N-ethyl adjacent to an activating group) is 1. The molecule has 0 amide bonds. The highest BCUT2D eigenvalue weighted by Gasteiger charge is 2.19. The molecule has 3 rings (SSSR count). The molecule has 7 heteroatoms. The number of hydrogen-bond donors (Lipinski definition) is 2. The molecule has 1 aliphatic heterocycles. The topological polar surface area (TPSA) is 72.7 Å². The summed E-state index contributed by atoms with van der Waals surface area (Å²) in [7, 11) is 2.15. The molecule has 0 saturated carbocycles. The summed E-state index contributed by atoms with van der Waals surface area (Å²) in [5.41, 5.74) is 2.67. The number of nitrogens with one attached hydrogen (secondary N) is 2.